The molecular formula is C14H12BrN3OS. The summed E-state index contributed by atoms with van der Waals surface area (Å²) in [7, 11) is 0. The van der Waals surface area contributed by atoms with Gasteiger partial charge in [-0.3, -0.25) is 9.78 Å². The molecule has 1 heterocycles. The lowest BCUT2D eigenvalue weighted by atomic mass is 10.1. The average molecular weight is 350 g/mol. The summed E-state index contributed by atoms with van der Waals surface area (Å²) < 4.78 is 0.733. The summed E-state index contributed by atoms with van der Waals surface area (Å²) in [6, 6.07) is 10.5. The number of nitrogens with one attached hydrogen (secondary N) is 1. The van der Waals surface area contributed by atoms with Crippen molar-refractivity contribution < 1.29 is 4.79 Å². The highest BCUT2D eigenvalue weighted by atomic mass is 79.9. The Morgan fingerprint density at radius 1 is 1.30 bits per heavy atom. The SMILES string of the molecule is NC(=S)C(NC(=O)c1cncc(Br)c1)c1ccccc1. The number of pyridine rings is 1. The maximum absolute atomic E-state index is 12.2. The van der Waals surface area contributed by atoms with E-state index in [1.54, 1.807) is 12.3 Å². The van der Waals surface area contributed by atoms with Crippen molar-refractivity contribution in [1.29, 1.82) is 0 Å². The van der Waals surface area contributed by atoms with E-state index in [1.807, 2.05) is 30.3 Å². The minimum Gasteiger partial charge on any atom is -0.391 e. The van der Waals surface area contributed by atoms with Crippen LogP contribution in [-0.4, -0.2) is 15.9 Å². The lowest BCUT2D eigenvalue weighted by Gasteiger charge is -2.17. The average Bonchev–Trinajstić information content (AvgIpc) is 2.45. The smallest absolute Gasteiger partial charge is 0.253 e. The Kier molecular flexibility index (Phi) is 4.81. The van der Waals surface area contributed by atoms with Crippen LogP contribution in [0.4, 0.5) is 0 Å². The van der Waals surface area contributed by atoms with Gasteiger partial charge in [0.15, 0.2) is 0 Å². The number of nitrogens with zero attached hydrogens (tertiary/aromatic N) is 1. The van der Waals surface area contributed by atoms with E-state index in [9.17, 15) is 4.79 Å². The fourth-order valence-electron chi connectivity index (χ4n) is 1.71. The first-order valence-electron chi connectivity index (χ1n) is 5.83. The molecule has 0 aliphatic rings. The van der Waals surface area contributed by atoms with Crippen LogP contribution < -0.4 is 11.1 Å². The van der Waals surface area contributed by atoms with Crippen LogP contribution >= 0.6 is 28.1 Å². The first-order chi connectivity index (χ1) is 9.58. The summed E-state index contributed by atoms with van der Waals surface area (Å²) in [5.41, 5.74) is 7.00. The van der Waals surface area contributed by atoms with Crippen LogP contribution in [-0.2, 0) is 0 Å². The van der Waals surface area contributed by atoms with Crippen LogP contribution in [0, 0.1) is 0 Å². The molecule has 1 atom stereocenters. The number of hydrogen-bond donors (Lipinski definition) is 2. The number of rotatable bonds is 4. The summed E-state index contributed by atoms with van der Waals surface area (Å²) >= 11 is 8.31. The topological polar surface area (TPSA) is 68.0 Å². The molecule has 2 aromatic rings. The summed E-state index contributed by atoms with van der Waals surface area (Å²) in [4.78, 5) is 16.4. The Hall–Kier alpha value is -1.79. The van der Waals surface area contributed by atoms with Crippen LogP contribution in [0.1, 0.15) is 22.0 Å². The molecule has 0 fully saturated rings. The second-order valence-corrected chi connectivity index (χ2v) is 5.50. The summed E-state index contributed by atoms with van der Waals surface area (Å²) in [5, 5.41) is 2.81. The third-order valence-corrected chi connectivity index (χ3v) is 3.33. The minimum atomic E-state index is -0.502. The molecule has 0 spiro atoms. The van der Waals surface area contributed by atoms with E-state index in [0.717, 1.165) is 10.0 Å². The van der Waals surface area contributed by atoms with Gasteiger partial charge in [0.05, 0.1) is 5.56 Å². The zero-order valence-electron chi connectivity index (χ0n) is 10.4. The third kappa shape index (κ3) is 3.61. The molecule has 6 heteroatoms. The highest BCUT2D eigenvalue weighted by molar-refractivity contribution is 9.10. The zero-order valence-corrected chi connectivity index (χ0v) is 12.8. The van der Waals surface area contributed by atoms with Gasteiger partial charge in [-0.25, -0.2) is 0 Å². The molecule has 3 N–H and O–H groups in total. The fraction of sp³-hybridized carbons (Fsp3) is 0.0714. The number of carbonyl (C=O) groups excluding carboxylic acids is 1. The Morgan fingerprint density at radius 2 is 2.00 bits per heavy atom. The molecular weight excluding hydrogens is 338 g/mol. The van der Waals surface area contributed by atoms with Crippen LogP contribution in [0.25, 0.3) is 0 Å². The summed E-state index contributed by atoms with van der Waals surface area (Å²) in [5.74, 6) is -0.277. The summed E-state index contributed by atoms with van der Waals surface area (Å²) in [6.07, 6.45) is 3.10. The maximum Gasteiger partial charge on any atom is 0.253 e. The monoisotopic (exact) mass is 349 g/mol. The molecule has 1 aromatic heterocycles. The first kappa shape index (κ1) is 14.6. The van der Waals surface area contributed by atoms with Gasteiger partial charge in [-0.2, -0.15) is 0 Å². The van der Waals surface area contributed by atoms with Gasteiger partial charge in [-0.1, -0.05) is 42.5 Å². The third-order valence-electron chi connectivity index (χ3n) is 2.66. The van der Waals surface area contributed by atoms with E-state index in [2.05, 4.69) is 26.2 Å². The van der Waals surface area contributed by atoms with E-state index in [-0.39, 0.29) is 10.9 Å². The molecule has 0 bridgehead atoms. The van der Waals surface area contributed by atoms with E-state index < -0.39 is 6.04 Å². The van der Waals surface area contributed by atoms with Crippen molar-refractivity contribution >= 4 is 39.0 Å². The van der Waals surface area contributed by atoms with Crippen molar-refractivity contribution in [2.75, 3.05) is 0 Å². The van der Waals surface area contributed by atoms with Crippen LogP contribution in [0.3, 0.4) is 0 Å². The predicted octanol–water partition coefficient (Wildman–Crippen LogP) is 2.60. The van der Waals surface area contributed by atoms with Gasteiger partial charge in [0.1, 0.15) is 11.0 Å². The number of halogens is 1. The number of amides is 1. The van der Waals surface area contributed by atoms with Gasteiger partial charge in [0, 0.05) is 16.9 Å². The molecule has 4 nitrogen and oxygen atoms in total. The highest BCUT2D eigenvalue weighted by Crippen LogP contribution is 2.15. The van der Waals surface area contributed by atoms with Crippen molar-refractivity contribution in [2.45, 2.75) is 6.04 Å². The van der Waals surface area contributed by atoms with Gasteiger partial charge in [-0.05, 0) is 27.6 Å². The summed E-state index contributed by atoms with van der Waals surface area (Å²) in [6.45, 7) is 0. The highest BCUT2D eigenvalue weighted by Gasteiger charge is 2.18. The zero-order chi connectivity index (χ0) is 14.5. The maximum atomic E-state index is 12.2. The lowest BCUT2D eigenvalue weighted by molar-refractivity contribution is 0.0946. The molecule has 0 aliphatic carbocycles. The molecule has 102 valence electrons. The van der Waals surface area contributed by atoms with E-state index in [1.165, 1.54) is 6.20 Å². The largest absolute Gasteiger partial charge is 0.391 e. The lowest BCUT2D eigenvalue weighted by Crippen LogP contribution is -2.36. The number of benzene rings is 1. The Bertz CT molecular complexity index is 633. The standard InChI is InChI=1S/C14H12BrN3OS/c15-11-6-10(7-17-8-11)14(19)18-12(13(16)20)9-4-2-1-3-5-9/h1-8,12H,(H2,16,20)(H,18,19). The van der Waals surface area contributed by atoms with Crippen molar-refractivity contribution in [1.82, 2.24) is 10.3 Å². The second-order valence-electron chi connectivity index (χ2n) is 4.11. The molecule has 0 saturated heterocycles. The van der Waals surface area contributed by atoms with Gasteiger partial charge in [-0.15, -0.1) is 0 Å². The van der Waals surface area contributed by atoms with Gasteiger partial charge < -0.3 is 11.1 Å². The van der Waals surface area contributed by atoms with Crippen molar-refractivity contribution in [3.05, 3.63) is 64.4 Å². The second kappa shape index (κ2) is 6.58. The molecule has 0 aliphatic heterocycles. The molecule has 0 radical (unpaired) electrons. The quantitative estimate of drug-likeness (QED) is 0.832. The van der Waals surface area contributed by atoms with Crippen molar-refractivity contribution in [3.63, 3.8) is 0 Å². The number of carbonyl (C=O) groups is 1. The minimum absolute atomic E-state index is 0.215. The predicted molar refractivity (Wildman–Crippen MR) is 85.4 cm³/mol. The molecule has 0 saturated carbocycles. The Balaban J connectivity index is 2.21. The van der Waals surface area contributed by atoms with Crippen LogP contribution in [0.2, 0.25) is 0 Å². The van der Waals surface area contributed by atoms with Crippen LogP contribution in [0.5, 0.6) is 0 Å². The normalized spacial score (nSPS) is 11.7. The molecule has 1 unspecified atom stereocenters. The molecule has 1 amide bonds. The number of thiocarbonyl (C=S) groups is 1. The van der Waals surface area contributed by atoms with E-state index >= 15 is 0 Å². The van der Waals surface area contributed by atoms with Gasteiger partial charge in [0.2, 0.25) is 0 Å². The molecule has 2 rings (SSSR count). The van der Waals surface area contributed by atoms with E-state index in [4.69, 9.17) is 18.0 Å². The fourth-order valence-corrected chi connectivity index (χ4v) is 2.27. The Morgan fingerprint density at radius 3 is 2.60 bits per heavy atom. The van der Waals surface area contributed by atoms with Crippen molar-refractivity contribution in [3.8, 4) is 0 Å². The number of nitrogens with two attached hydrogens (primary N) is 1. The molecule has 1 aromatic carbocycles. The van der Waals surface area contributed by atoms with Gasteiger partial charge >= 0.3 is 0 Å². The van der Waals surface area contributed by atoms with Crippen molar-refractivity contribution in [2.24, 2.45) is 5.73 Å². The van der Waals surface area contributed by atoms with E-state index in [0.29, 0.717) is 5.56 Å². The molecule has 20 heavy (non-hydrogen) atoms. The number of hydrogen-bond acceptors (Lipinski definition) is 3. The van der Waals surface area contributed by atoms with Gasteiger partial charge in [0.25, 0.3) is 5.91 Å². The first-order valence-corrected chi connectivity index (χ1v) is 7.03. The van der Waals surface area contributed by atoms with Crippen LogP contribution in [0.15, 0.2) is 53.3 Å². The number of aromatic nitrogens is 1. The Labute approximate surface area is 130 Å².